The zero-order valence-electron chi connectivity index (χ0n) is 12.9. The van der Waals surface area contributed by atoms with Crippen molar-refractivity contribution in [2.75, 3.05) is 5.73 Å². The molecule has 3 N–H and O–H groups in total. The Labute approximate surface area is 135 Å². The Bertz CT molecular complexity index is 864. The van der Waals surface area contributed by atoms with Crippen molar-refractivity contribution >= 4 is 11.4 Å². The Hall–Kier alpha value is -2.81. The molecule has 0 spiro atoms. The molecule has 0 aromatic heterocycles. The van der Waals surface area contributed by atoms with Gasteiger partial charge in [0.25, 0.3) is 0 Å². The first-order chi connectivity index (χ1) is 11.1. The highest BCUT2D eigenvalue weighted by atomic mass is 16.5. The summed E-state index contributed by atoms with van der Waals surface area (Å²) in [5.41, 5.74) is 10.8. The van der Waals surface area contributed by atoms with Crippen molar-refractivity contribution in [1.29, 1.82) is 5.41 Å². The molecule has 1 heterocycles. The van der Waals surface area contributed by atoms with Gasteiger partial charge in [-0.05, 0) is 30.2 Å². The quantitative estimate of drug-likeness (QED) is 0.776. The van der Waals surface area contributed by atoms with Gasteiger partial charge in [-0.15, -0.1) is 0 Å². The molecule has 1 aliphatic carbocycles. The minimum atomic E-state index is 0.112. The maximum Gasteiger partial charge on any atom is 0.132 e. The zero-order valence-corrected chi connectivity index (χ0v) is 12.9. The van der Waals surface area contributed by atoms with Gasteiger partial charge in [-0.2, -0.15) is 0 Å². The average Bonchev–Trinajstić information content (AvgIpc) is 2.53. The lowest BCUT2D eigenvalue weighted by Gasteiger charge is -2.36. The average molecular weight is 302 g/mol. The monoisotopic (exact) mass is 302 g/mol. The molecule has 4 rings (SSSR count). The Morgan fingerprint density at radius 3 is 2.74 bits per heavy atom. The van der Waals surface area contributed by atoms with Gasteiger partial charge in [0, 0.05) is 35.2 Å². The number of aryl methyl sites for hydroxylation is 1. The molecule has 23 heavy (non-hydrogen) atoms. The van der Waals surface area contributed by atoms with E-state index in [1.54, 1.807) is 0 Å². The number of anilines is 1. The molecule has 3 heteroatoms. The SMILES string of the molecule is Cc1ccccc1C1c2ccc(N)cc2OC2=CC(=N)C=CC21. The van der Waals surface area contributed by atoms with E-state index in [1.807, 2.05) is 24.3 Å². The number of hydrogen-bond acceptors (Lipinski definition) is 3. The molecule has 2 unspecified atom stereocenters. The van der Waals surface area contributed by atoms with Crippen molar-refractivity contribution < 1.29 is 4.74 Å². The summed E-state index contributed by atoms with van der Waals surface area (Å²) in [7, 11) is 0. The van der Waals surface area contributed by atoms with Gasteiger partial charge >= 0.3 is 0 Å². The second-order valence-corrected chi connectivity index (χ2v) is 6.12. The minimum absolute atomic E-state index is 0.112. The van der Waals surface area contributed by atoms with Crippen LogP contribution in [0.3, 0.4) is 0 Å². The van der Waals surface area contributed by atoms with E-state index in [0.717, 1.165) is 17.1 Å². The molecule has 3 nitrogen and oxygen atoms in total. The summed E-state index contributed by atoms with van der Waals surface area (Å²) in [6.07, 6.45) is 5.74. The highest BCUT2D eigenvalue weighted by Gasteiger charge is 2.36. The lowest BCUT2D eigenvalue weighted by atomic mass is 9.74. The van der Waals surface area contributed by atoms with Crippen LogP contribution in [0.1, 0.15) is 22.6 Å². The maximum atomic E-state index is 7.88. The standard InChI is InChI=1S/C20H18N2O/c1-12-4-2-3-5-15(12)20-16-8-6-13(21)10-18(16)23-19-11-14(22)7-9-17(19)20/h2-11,16,20-21H,22H2,1H3. The molecule has 1 aliphatic heterocycles. The first-order valence-corrected chi connectivity index (χ1v) is 7.74. The number of benzene rings is 2. The van der Waals surface area contributed by atoms with Crippen LogP contribution in [0.25, 0.3) is 0 Å². The van der Waals surface area contributed by atoms with Gasteiger partial charge in [0.05, 0.1) is 5.71 Å². The van der Waals surface area contributed by atoms with E-state index < -0.39 is 0 Å². The Morgan fingerprint density at radius 2 is 1.91 bits per heavy atom. The first-order valence-electron chi connectivity index (χ1n) is 7.74. The van der Waals surface area contributed by atoms with Crippen LogP contribution >= 0.6 is 0 Å². The van der Waals surface area contributed by atoms with Crippen LogP contribution in [0.2, 0.25) is 0 Å². The lowest BCUT2D eigenvalue weighted by Crippen LogP contribution is -2.26. The van der Waals surface area contributed by atoms with Gasteiger partial charge in [0.15, 0.2) is 0 Å². The highest BCUT2D eigenvalue weighted by Crippen LogP contribution is 2.48. The second-order valence-electron chi connectivity index (χ2n) is 6.12. The van der Waals surface area contributed by atoms with Gasteiger partial charge in [0.1, 0.15) is 11.5 Å². The topological polar surface area (TPSA) is 59.1 Å². The summed E-state index contributed by atoms with van der Waals surface area (Å²) in [5, 5.41) is 7.88. The Morgan fingerprint density at radius 1 is 1.09 bits per heavy atom. The summed E-state index contributed by atoms with van der Waals surface area (Å²) in [6.45, 7) is 2.14. The van der Waals surface area contributed by atoms with E-state index >= 15 is 0 Å². The third-order valence-electron chi connectivity index (χ3n) is 4.59. The normalized spacial score (nSPS) is 22.0. The number of nitrogens with one attached hydrogen (secondary N) is 1. The molecule has 114 valence electrons. The van der Waals surface area contributed by atoms with Crippen molar-refractivity contribution in [3.63, 3.8) is 0 Å². The van der Waals surface area contributed by atoms with Crippen LogP contribution in [-0.2, 0) is 0 Å². The predicted octanol–water partition coefficient (Wildman–Crippen LogP) is 4.19. The Balaban J connectivity index is 1.95. The van der Waals surface area contributed by atoms with Gasteiger partial charge in [-0.3, -0.25) is 0 Å². The fraction of sp³-hybridized carbons (Fsp3) is 0.150. The summed E-state index contributed by atoms with van der Waals surface area (Å²) in [4.78, 5) is 0. The minimum Gasteiger partial charge on any atom is -0.461 e. The van der Waals surface area contributed by atoms with Crippen molar-refractivity contribution in [3.05, 3.63) is 83.1 Å². The third kappa shape index (κ3) is 2.25. The molecule has 0 fully saturated rings. The summed E-state index contributed by atoms with van der Waals surface area (Å²) in [6, 6.07) is 14.3. The third-order valence-corrected chi connectivity index (χ3v) is 4.59. The lowest BCUT2D eigenvalue weighted by molar-refractivity contribution is 0.324. The van der Waals surface area contributed by atoms with Crippen LogP contribution in [0, 0.1) is 18.3 Å². The number of fused-ring (bicyclic) bond motifs is 2. The van der Waals surface area contributed by atoms with Crippen molar-refractivity contribution in [2.24, 2.45) is 5.92 Å². The number of hydrogen-bond donors (Lipinski definition) is 2. The molecule has 2 aromatic carbocycles. The number of ether oxygens (including phenoxy) is 1. The van der Waals surface area contributed by atoms with Crippen LogP contribution in [-0.4, -0.2) is 5.71 Å². The van der Waals surface area contributed by atoms with Gasteiger partial charge in [-0.1, -0.05) is 36.4 Å². The number of nitrogens with two attached hydrogens (primary N) is 1. The van der Waals surface area contributed by atoms with Crippen LogP contribution in [0.5, 0.6) is 5.75 Å². The Kier molecular flexibility index (Phi) is 3.08. The van der Waals surface area contributed by atoms with E-state index in [2.05, 4.69) is 43.3 Å². The van der Waals surface area contributed by atoms with Gasteiger partial charge in [-0.25, -0.2) is 0 Å². The molecule has 0 saturated carbocycles. The van der Waals surface area contributed by atoms with Gasteiger partial charge < -0.3 is 15.9 Å². The molecule has 2 atom stereocenters. The van der Waals surface area contributed by atoms with E-state index in [4.69, 9.17) is 15.9 Å². The highest BCUT2D eigenvalue weighted by molar-refractivity contribution is 6.03. The summed E-state index contributed by atoms with van der Waals surface area (Å²) in [5.74, 6) is 1.91. The molecular weight excluding hydrogens is 284 g/mol. The fourth-order valence-corrected chi connectivity index (χ4v) is 3.49. The predicted molar refractivity (Wildman–Crippen MR) is 92.9 cm³/mol. The van der Waals surface area contributed by atoms with Crippen LogP contribution in [0.4, 0.5) is 5.69 Å². The number of rotatable bonds is 1. The number of nitrogen functional groups attached to an aromatic ring is 1. The summed E-state index contributed by atoms with van der Waals surface area (Å²) >= 11 is 0. The first kappa shape index (κ1) is 13.8. The second kappa shape index (κ2) is 5.13. The zero-order chi connectivity index (χ0) is 16.0. The van der Waals surface area contributed by atoms with Crippen molar-refractivity contribution in [1.82, 2.24) is 0 Å². The molecule has 0 radical (unpaired) electrons. The molecular formula is C20H18N2O. The summed E-state index contributed by atoms with van der Waals surface area (Å²) < 4.78 is 6.07. The van der Waals surface area contributed by atoms with E-state index in [1.165, 1.54) is 11.1 Å². The fourth-order valence-electron chi connectivity index (χ4n) is 3.49. The largest absolute Gasteiger partial charge is 0.461 e. The molecule has 0 bridgehead atoms. The molecule has 2 aliphatic rings. The number of allylic oxidation sites excluding steroid dienone is 3. The van der Waals surface area contributed by atoms with Crippen LogP contribution in [0.15, 0.2) is 66.5 Å². The van der Waals surface area contributed by atoms with E-state index in [0.29, 0.717) is 11.4 Å². The van der Waals surface area contributed by atoms with Crippen molar-refractivity contribution in [2.45, 2.75) is 12.8 Å². The van der Waals surface area contributed by atoms with Crippen molar-refractivity contribution in [3.8, 4) is 5.75 Å². The van der Waals surface area contributed by atoms with Crippen LogP contribution < -0.4 is 10.5 Å². The smallest absolute Gasteiger partial charge is 0.132 e. The van der Waals surface area contributed by atoms with E-state index in [-0.39, 0.29) is 11.8 Å². The molecule has 0 amide bonds. The van der Waals surface area contributed by atoms with Gasteiger partial charge in [0.2, 0.25) is 0 Å². The molecule has 2 aromatic rings. The molecule has 0 saturated heterocycles. The van der Waals surface area contributed by atoms with E-state index in [9.17, 15) is 0 Å². The maximum absolute atomic E-state index is 7.88.